The number of hydrogen-bond acceptors (Lipinski definition) is 3. The normalized spacial score (nSPS) is 12.4. The van der Waals surface area contributed by atoms with Crippen LogP contribution >= 0.6 is 0 Å². The number of ether oxygens (including phenoxy) is 1. The summed E-state index contributed by atoms with van der Waals surface area (Å²) < 4.78 is 55.8. The van der Waals surface area contributed by atoms with Gasteiger partial charge in [0.15, 0.2) is 0 Å². The van der Waals surface area contributed by atoms with Gasteiger partial charge in [0.25, 0.3) is 0 Å². The third-order valence-corrected chi connectivity index (χ3v) is 5.81. The molecule has 1 atom stereocenters. The first kappa shape index (κ1) is 24.4. The Hall–Kier alpha value is -3.74. The fraction of sp³-hybridized carbons (Fsp3) is 0.214. The van der Waals surface area contributed by atoms with Crippen molar-refractivity contribution in [3.63, 3.8) is 0 Å². The standard InChI is InChI=1S/C28H24F4N2O/c1-17-14-21(9-12-26(17)29)24-11-10-22(34-19(24)3)15-18(2)27-25(8-5-13-33-27)20-6-4-7-23(16-20)35-28(30,31)32/h4-14,16,18H,15H2,1-3H3. The minimum absolute atomic E-state index is 0.0517. The summed E-state index contributed by atoms with van der Waals surface area (Å²) in [4.78, 5) is 9.29. The highest BCUT2D eigenvalue weighted by atomic mass is 19.4. The number of benzene rings is 2. The second-order valence-corrected chi connectivity index (χ2v) is 8.52. The number of hydrogen-bond donors (Lipinski definition) is 0. The number of halogens is 4. The van der Waals surface area contributed by atoms with Crippen molar-refractivity contribution in [2.24, 2.45) is 0 Å². The van der Waals surface area contributed by atoms with Crippen LogP contribution in [0.5, 0.6) is 5.75 Å². The third kappa shape index (κ3) is 5.85. The Morgan fingerprint density at radius 1 is 0.886 bits per heavy atom. The minimum Gasteiger partial charge on any atom is -0.406 e. The number of nitrogens with zero attached hydrogens (tertiary/aromatic N) is 2. The van der Waals surface area contributed by atoms with E-state index >= 15 is 0 Å². The lowest BCUT2D eigenvalue weighted by molar-refractivity contribution is -0.274. The van der Waals surface area contributed by atoms with Gasteiger partial charge in [-0.3, -0.25) is 9.97 Å². The first-order valence-electron chi connectivity index (χ1n) is 11.1. The summed E-state index contributed by atoms with van der Waals surface area (Å²) >= 11 is 0. The zero-order valence-electron chi connectivity index (χ0n) is 19.5. The van der Waals surface area contributed by atoms with E-state index < -0.39 is 6.36 Å². The summed E-state index contributed by atoms with van der Waals surface area (Å²) in [5.41, 5.74) is 6.20. The number of aryl methyl sites for hydroxylation is 2. The maximum absolute atomic E-state index is 13.7. The van der Waals surface area contributed by atoms with Crippen LogP contribution in [0.2, 0.25) is 0 Å². The molecule has 0 aliphatic heterocycles. The lowest BCUT2D eigenvalue weighted by Crippen LogP contribution is -2.17. The minimum atomic E-state index is -4.76. The molecule has 0 saturated carbocycles. The number of pyridine rings is 2. The molecule has 4 rings (SSSR count). The summed E-state index contributed by atoms with van der Waals surface area (Å²) in [6.45, 7) is 5.66. The summed E-state index contributed by atoms with van der Waals surface area (Å²) in [6, 6.07) is 18.4. The molecule has 2 heterocycles. The molecule has 0 aliphatic rings. The van der Waals surface area contributed by atoms with Crippen LogP contribution in [-0.4, -0.2) is 16.3 Å². The van der Waals surface area contributed by atoms with Gasteiger partial charge in [0, 0.05) is 34.6 Å². The maximum Gasteiger partial charge on any atom is 0.573 e. The predicted molar refractivity (Wildman–Crippen MR) is 128 cm³/mol. The van der Waals surface area contributed by atoms with E-state index in [1.807, 2.05) is 32.0 Å². The highest BCUT2D eigenvalue weighted by Gasteiger charge is 2.31. The van der Waals surface area contributed by atoms with E-state index in [0.717, 1.165) is 33.8 Å². The van der Waals surface area contributed by atoms with Crippen LogP contribution in [0.25, 0.3) is 22.3 Å². The van der Waals surface area contributed by atoms with Crippen molar-refractivity contribution in [1.82, 2.24) is 9.97 Å². The first-order valence-corrected chi connectivity index (χ1v) is 11.1. The number of aromatic nitrogens is 2. The van der Waals surface area contributed by atoms with Crippen molar-refractivity contribution in [3.8, 4) is 28.0 Å². The molecule has 0 amide bonds. The van der Waals surface area contributed by atoms with Crippen LogP contribution in [0.15, 0.2) is 72.9 Å². The molecule has 35 heavy (non-hydrogen) atoms. The van der Waals surface area contributed by atoms with Crippen molar-refractivity contribution in [1.29, 1.82) is 0 Å². The Bertz CT molecular complexity index is 1350. The van der Waals surface area contributed by atoms with Gasteiger partial charge in [-0.05, 0) is 73.4 Å². The van der Waals surface area contributed by atoms with Gasteiger partial charge >= 0.3 is 6.36 Å². The third-order valence-electron chi connectivity index (χ3n) is 5.81. The zero-order chi connectivity index (χ0) is 25.2. The van der Waals surface area contributed by atoms with Crippen LogP contribution in [0.4, 0.5) is 17.6 Å². The molecule has 180 valence electrons. The molecule has 0 N–H and O–H groups in total. The fourth-order valence-corrected chi connectivity index (χ4v) is 4.17. The largest absolute Gasteiger partial charge is 0.573 e. The molecule has 0 aliphatic carbocycles. The first-order chi connectivity index (χ1) is 16.6. The van der Waals surface area contributed by atoms with Crippen LogP contribution in [-0.2, 0) is 6.42 Å². The van der Waals surface area contributed by atoms with Crippen LogP contribution in [0.3, 0.4) is 0 Å². The quantitative estimate of drug-likeness (QED) is 0.264. The van der Waals surface area contributed by atoms with E-state index in [2.05, 4.69) is 9.72 Å². The fourth-order valence-electron chi connectivity index (χ4n) is 4.17. The molecule has 1 unspecified atom stereocenters. The summed E-state index contributed by atoms with van der Waals surface area (Å²) in [7, 11) is 0. The molecular weight excluding hydrogens is 456 g/mol. The molecule has 0 bridgehead atoms. The van der Waals surface area contributed by atoms with Crippen molar-refractivity contribution >= 4 is 0 Å². The van der Waals surface area contributed by atoms with Gasteiger partial charge in [-0.1, -0.05) is 37.3 Å². The van der Waals surface area contributed by atoms with Crippen LogP contribution < -0.4 is 4.74 Å². The van der Waals surface area contributed by atoms with Crippen LogP contribution in [0.1, 0.15) is 35.5 Å². The molecule has 2 aromatic carbocycles. The average molecular weight is 481 g/mol. The van der Waals surface area contributed by atoms with Crippen LogP contribution in [0, 0.1) is 19.7 Å². The monoisotopic (exact) mass is 480 g/mol. The highest BCUT2D eigenvalue weighted by Crippen LogP contribution is 2.33. The van der Waals surface area contributed by atoms with Gasteiger partial charge < -0.3 is 4.74 Å². The SMILES string of the molecule is Cc1cc(-c2ccc(CC(C)c3ncccc3-c3cccc(OC(F)(F)F)c3)nc2C)ccc1F. The van der Waals surface area contributed by atoms with E-state index in [0.29, 0.717) is 17.5 Å². The lowest BCUT2D eigenvalue weighted by atomic mass is 9.92. The Kier molecular flexibility index (Phi) is 6.87. The molecule has 7 heteroatoms. The highest BCUT2D eigenvalue weighted by molar-refractivity contribution is 5.68. The molecule has 0 spiro atoms. The Morgan fingerprint density at radius 3 is 2.37 bits per heavy atom. The molecule has 0 fully saturated rings. The molecular formula is C28H24F4N2O. The van der Waals surface area contributed by atoms with Crippen molar-refractivity contribution in [2.45, 2.75) is 39.5 Å². The maximum atomic E-state index is 13.7. The number of rotatable bonds is 6. The molecule has 3 nitrogen and oxygen atoms in total. The van der Waals surface area contributed by atoms with E-state index in [4.69, 9.17) is 4.98 Å². The molecule has 2 aromatic heterocycles. The summed E-state index contributed by atoms with van der Waals surface area (Å²) in [5, 5.41) is 0. The number of alkyl halides is 3. The topological polar surface area (TPSA) is 35.0 Å². The van der Waals surface area contributed by atoms with Crippen molar-refractivity contribution in [2.75, 3.05) is 0 Å². The molecule has 4 aromatic rings. The summed E-state index contributed by atoms with van der Waals surface area (Å²) in [5.74, 6) is -0.572. The van der Waals surface area contributed by atoms with Gasteiger partial charge in [0.2, 0.25) is 0 Å². The second-order valence-electron chi connectivity index (χ2n) is 8.52. The second kappa shape index (κ2) is 9.86. The van der Waals surface area contributed by atoms with Gasteiger partial charge in [-0.2, -0.15) is 0 Å². The molecule has 0 radical (unpaired) electrons. The van der Waals surface area contributed by atoms with Gasteiger partial charge in [0.1, 0.15) is 11.6 Å². The van der Waals surface area contributed by atoms with E-state index in [1.54, 1.807) is 37.4 Å². The molecule has 0 saturated heterocycles. The Labute approximate surface area is 201 Å². The lowest BCUT2D eigenvalue weighted by Gasteiger charge is -2.17. The zero-order valence-corrected chi connectivity index (χ0v) is 19.5. The van der Waals surface area contributed by atoms with Gasteiger partial charge in [-0.15, -0.1) is 13.2 Å². The van der Waals surface area contributed by atoms with E-state index in [-0.39, 0.29) is 17.5 Å². The van der Waals surface area contributed by atoms with Gasteiger partial charge in [0.05, 0.1) is 5.69 Å². The van der Waals surface area contributed by atoms with Crippen molar-refractivity contribution in [3.05, 3.63) is 101 Å². The summed E-state index contributed by atoms with van der Waals surface area (Å²) in [6.07, 6.45) is -2.50. The predicted octanol–water partition coefficient (Wildman–Crippen LogP) is 7.81. The average Bonchev–Trinajstić information content (AvgIpc) is 2.80. The Morgan fingerprint density at radius 2 is 1.66 bits per heavy atom. The van der Waals surface area contributed by atoms with Gasteiger partial charge in [-0.25, -0.2) is 4.39 Å². The van der Waals surface area contributed by atoms with E-state index in [9.17, 15) is 17.6 Å². The van der Waals surface area contributed by atoms with Crippen molar-refractivity contribution < 1.29 is 22.3 Å². The van der Waals surface area contributed by atoms with E-state index in [1.165, 1.54) is 24.3 Å². The Balaban J connectivity index is 1.59. The smallest absolute Gasteiger partial charge is 0.406 e.